The fraction of sp³-hybridized carbons (Fsp3) is 0.471. The summed E-state index contributed by atoms with van der Waals surface area (Å²) in [5, 5.41) is 2.46. The summed E-state index contributed by atoms with van der Waals surface area (Å²) in [7, 11) is 1.23. The van der Waals surface area contributed by atoms with Gasteiger partial charge in [-0.3, -0.25) is 4.79 Å². The fourth-order valence-corrected chi connectivity index (χ4v) is 2.45. The summed E-state index contributed by atoms with van der Waals surface area (Å²) in [6, 6.07) is 2.92. The van der Waals surface area contributed by atoms with Crippen LogP contribution in [0.2, 0.25) is 0 Å². The van der Waals surface area contributed by atoms with E-state index in [1.54, 1.807) is 0 Å². The molecule has 1 N–H and O–H groups in total. The third-order valence-electron chi connectivity index (χ3n) is 3.13. The molecule has 1 amide bonds. The van der Waals surface area contributed by atoms with Crippen molar-refractivity contribution in [2.75, 3.05) is 20.3 Å². The summed E-state index contributed by atoms with van der Waals surface area (Å²) in [6.45, 7) is 2.78. The minimum Gasteiger partial charge on any atom is -0.481 e. The number of esters is 2. The highest BCUT2D eigenvalue weighted by Gasteiger charge is 2.23. The normalized spacial score (nSPS) is 11.6. The average Bonchev–Trinajstić information content (AvgIpc) is 2.57. The summed E-state index contributed by atoms with van der Waals surface area (Å²) < 4.78 is 27.9. The zero-order valence-corrected chi connectivity index (χ0v) is 16.3. The maximum Gasteiger partial charge on any atom is 0.344 e. The molecule has 7 nitrogen and oxygen atoms in total. The minimum absolute atomic E-state index is 0.157. The van der Waals surface area contributed by atoms with Gasteiger partial charge in [-0.05, 0) is 46.5 Å². The highest BCUT2D eigenvalue weighted by atomic mass is 79.9. The number of hydrogen-bond acceptors (Lipinski definition) is 6. The van der Waals surface area contributed by atoms with Crippen LogP contribution in [0, 0.1) is 11.7 Å². The molecule has 1 rings (SSSR count). The number of halogens is 2. The lowest BCUT2D eigenvalue weighted by atomic mass is 10.0. The first-order chi connectivity index (χ1) is 12.2. The van der Waals surface area contributed by atoms with Crippen molar-refractivity contribution in [1.29, 1.82) is 0 Å². The predicted molar refractivity (Wildman–Crippen MR) is 94.0 cm³/mol. The summed E-state index contributed by atoms with van der Waals surface area (Å²) in [6.07, 6.45) is 0.397. The second-order valence-corrected chi connectivity index (χ2v) is 6.65. The molecule has 0 saturated heterocycles. The predicted octanol–water partition coefficient (Wildman–Crippen LogP) is 2.21. The minimum atomic E-state index is -0.808. The molecule has 9 heteroatoms. The summed E-state index contributed by atoms with van der Waals surface area (Å²) in [4.78, 5) is 35.1. The molecule has 0 bridgehead atoms. The maximum atomic E-state index is 13.0. The molecule has 1 aromatic carbocycles. The fourth-order valence-electron chi connectivity index (χ4n) is 1.98. The molecule has 1 atom stereocenters. The van der Waals surface area contributed by atoms with Gasteiger partial charge in [0.2, 0.25) is 0 Å². The van der Waals surface area contributed by atoms with Gasteiger partial charge in [-0.1, -0.05) is 13.8 Å². The molecule has 0 aromatic heterocycles. The van der Waals surface area contributed by atoms with Crippen molar-refractivity contribution in [2.24, 2.45) is 5.92 Å². The molecule has 144 valence electrons. The summed E-state index contributed by atoms with van der Waals surface area (Å²) in [5.41, 5.74) is 0. The highest BCUT2D eigenvalue weighted by Crippen LogP contribution is 2.25. The maximum absolute atomic E-state index is 13.0. The van der Waals surface area contributed by atoms with Crippen molar-refractivity contribution in [3.05, 3.63) is 28.5 Å². The Morgan fingerprint density at radius 1 is 1.23 bits per heavy atom. The van der Waals surface area contributed by atoms with Crippen molar-refractivity contribution in [1.82, 2.24) is 5.32 Å². The topological polar surface area (TPSA) is 90.9 Å². The third kappa shape index (κ3) is 7.81. The van der Waals surface area contributed by atoms with Gasteiger partial charge in [0, 0.05) is 0 Å². The van der Waals surface area contributed by atoms with Gasteiger partial charge in [-0.25, -0.2) is 14.0 Å². The molecule has 0 fully saturated rings. The summed E-state index contributed by atoms with van der Waals surface area (Å²) >= 11 is 3.10. The van der Waals surface area contributed by atoms with Crippen molar-refractivity contribution in [3.8, 4) is 5.75 Å². The number of nitrogens with one attached hydrogen (secondary N) is 1. The van der Waals surface area contributed by atoms with Gasteiger partial charge >= 0.3 is 11.9 Å². The Hall–Kier alpha value is -2.16. The molecular weight excluding hydrogens is 413 g/mol. The molecule has 0 radical (unpaired) electrons. The standard InChI is InChI=1S/C17H21BrFNO6/c1-10(2)6-13(17(23)24-3)20-15(21)8-26-16(22)9-25-14-5-4-11(19)7-12(14)18/h4-5,7,10,13H,6,8-9H2,1-3H3,(H,20,21). The zero-order valence-electron chi connectivity index (χ0n) is 14.7. The van der Waals surface area contributed by atoms with Gasteiger partial charge in [0.25, 0.3) is 5.91 Å². The van der Waals surface area contributed by atoms with E-state index in [0.29, 0.717) is 10.9 Å². The van der Waals surface area contributed by atoms with Crippen molar-refractivity contribution < 1.29 is 33.0 Å². The van der Waals surface area contributed by atoms with E-state index in [4.69, 9.17) is 9.47 Å². The van der Waals surface area contributed by atoms with Gasteiger partial charge in [0.05, 0.1) is 11.6 Å². The average molecular weight is 434 g/mol. The first-order valence-electron chi connectivity index (χ1n) is 7.83. The number of methoxy groups -OCH3 is 1. The van der Waals surface area contributed by atoms with Crippen LogP contribution in [0.4, 0.5) is 4.39 Å². The van der Waals surface area contributed by atoms with Gasteiger partial charge in [-0.15, -0.1) is 0 Å². The number of carbonyl (C=O) groups is 3. The van der Waals surface area contributed by atoms with Crippen LogP contribution >= 0.6 is 15.9 Å². The Balaban J connectivity index is 2.42. The number of amides is 1. The number of ether oxygens (including phenoxy) is 3. The second kappa shape index (κ2) is 10.7. The van der Waals surface area contributed by atoms with E-state index < -0.39 is 42.9 Å². The molecule has 0 aliphatic heterocycles. The van der Waals surface area contributed by atoms with E-state index in [-0.39, 0.29) is 11.7 Å². The number of benzene rings is 1. The molecule has 1 aromatic rings. The smallest absolute Gasteiger partial charge is 0.344 e. The van der Waals surface area contributed by atoms with Gasteiger partial charge < -0.3 is 19.5 Å². The van der Waals surface area contributed by atoms with Crippen LogP contribution in [-0.4, -0.2) is 44.2 Å². The molecule has 0 heterocycles. The largest absolute Gasteiger partial charge is 0.481 e. The third-order valence-corrected chi connectivity index (χ3v) is 3.75. The Bertz CT molecular complexity index is 652. The van der Waals surface area contributed by atoms with E-state index in [0.717, 1.165) is 0 Å². The van der Waals surface area contributed by atoms with E-state index >= 15 is 0 Å². The Kier molecular flexibility index (Phi) is 9.04. The summed E-state index contributed by atoms with van der Waals surface area (Å²) in [5.74, 6) is -2.01. The van der Waals surface area contributed by atoms with E-state index in [9.17, 15) is 18.8 Å². The Morgan fingerprint density at radius 3 is 2.50 bits per heavy atom. The van der Waals surface area contributed by atoms with E-state index in [1.165, 1.54) is 25.3 Å². The Morgan fingerprint density at radius 2 is 1.92 bits per heavy atom. The van der Waals surface area contributed by atoms with Crippen LogP contribution in [-0.2, 0) is 23.9 Å². The number of rotatable bonds is 9. The van der Waals surface area contributed by atoms with E-state index in [2.05, 4.69) is 26.0 Å². The lowest BCUT2D eigenvalue weighted by Gasteiger charge is -2.18. The van der Waals surface area contributed by atoms with Crippen LogP contribution in [0.5, 0.6) is 5.75 Å². The van der Waals surface area contributed by atoms with Gasteiger partial charge in [-0.2, -0.15) is 0 Å². The van der Waals surface area contributed by atoms with Crippen LogP contribution < -0.4 is 10.1 Å². The van der Waals surface area contributed by atoms with Gasteiger partial charge in [0.15, 0.2) is 13.2 Å². The van der Waals surface area contributed by atoms with E-state index in [1.807, 2.05) is 13.8 Å². The molecule has 1 unspecified atom stereocenters. The van der Waals surface area contributed by atoms with Gasteiger partial charge in [0.1, 0.15) is 17.6 Å². The van der Waals surface area contributed by atoms with Crippen LogP contribution in [0.1, 0.15) is 20.3 Å². The molecule has 0 saturated carbocycles. The molecule has 0 aliphatic carbocycles. The Labute approximate surface area is 159 Å². The monoisotopic (exact) mass is 433 g/mol. The van der Waals surface area contributed by atoms with Crippen molar-refractivity contribution >= 4 is 33.8 Å². The highest BCUT2D eigenvalue weighted by molar-refractivity contribution is 9.10. The van der Waals surface area contributed by atoms with Crippen molar-refractivity contribution in [2.45, 2.75) is 26.3 Å². The first kappa shape index (κ1) is 21.9. The molecule has 0 aliphatic rings. The van der Waals surface area contributed by atoms with Crippen molar-refractivity contribution in [3.63, 3.8) is 0 Å². The number of hydrogen-bond donors (Lipinski definition) is 1. The SMILES string of the molecule is COC(=O)C(CC(C)C)NC(=O)COC(=O)COc1ccc(F)cc1Br. The van der Waals surface area contributed by atoms with Crippen LogP contribution in [0.25, 0.3) is 0 Å². The lowest BCUT2D eigenvalue weighted by molar-refractivity contribution is -0.151. The lowest BCUT2D eigenvalue weighted by Crippen LogP contribution is -2.44. The van der Waals surface area contributed by atoms with Crippen LogP contribution in [0.3, 0.4) is 0 Å². The quantitative estimate of drug-likeness (QED) is 0.600. The van der Waals surface area contributed by atoms with Crippen LogP contribution in [0.15, 0.2) is 22.7 Å². The number of carbonyl (C=O) groups excluding carboxylic acids is 3. The zero-order chi connectivity index (χ0) is 19.7. The molecule has 0 spiro atoms. The first-order valence-corrected chi connectivity index (χ1v) is 8.62. The second-order valence-electron chi connectivity index (χ2n) is 5.80. The molecule has 26 heavy (non-hydrogen) atoms. The molecular formula is C17H21BrFNO6.